The highest BCUT2D eigenvalue weighted by Crippen LogP contribution is 2.37. The van der Waals surface area contributed by atoms with Gasteiger partial charge in [0.1, 0.15) is 5.82 Å². The molecule has 0 aliphatic rings. The molecule has 0 bridgehead atoms. The van der Waals surface area contributed by atoms with Crippen molar-refractivity contribution in [1.29, 1.82) is 0 Å². The molecule has 0 aromatic heterocycles. The molecule has 0 fully saturated rings. The largest absolute Gasteiger partial charge is 0.324 e. The van der Waals surface area contributed by atoms with E-state index in [1.807, 2.05) is 53.7 Å². The molecule has 1 aromatic rings. The third kappa shape index (κ3) is 11.5. The minimum absolute atomic E-state index is 0.0182. The lowest BCUT2D eigenvalue weighted by Gasteiger charge is -2.43. The van der Waals surface area contributed by atoms with Crippen molar-refractivity contribution in [3.63, 3.8) is 0 Å². The Morgan fingerprint density at radius 1 is 0.710 bits per heavy atom. The molecule has 3 nitrogen and oxygen atoms in total. The van der Waals surface area contributed by atoms with Crippen molar-refractivity contribution in [2.24, 2.45) is 5.92 Å². The molecule has 0 spiro atoms. The van der Waals surface area contributed by atoms with E-state index in [1.165, 1.54) is 44.2 Å². The van der Waals surface area contributed by atoms with E-state index in [9.17, 15) is 4.39 Å². The number of aryl methyl sites for hydroxylation is 1. The van der Waals surface area contributed by atoms with Gasteiger partial charge in [0, 0.05) is 5.92 Å². The first kappa shape index (κ1) is 28.1. The molecule has 0 heterocycles. The first-order chi connectivity index (χ1) is 14.7. The fourth-order valence-electron chi connectivity index (χ4n) is 4.02. The summed E-state index contributed by atoms with van der Waals surface area (Å²) in [6.07, 6.45) is 10.1. The van der Waals surface area contributed by atoms with E-state index in [0.717, 1.165) is 31.2 Å². The summed E-state index contributed by atoms with van der Waals surface area (Å²) in [5.41, 5.74) is 1.13. The van der Waals surface area contributed by atoms with Crippen molar-refractivity contribution in [3.8, 4) is 0 Å². The quantitative estimate of drug-likeness (QED) is 0.182. The fourth-order valence-corrected chi connectivity index (χ4v) is 4.02. The van der Waals surface area contributed by atoms with Crippen molar-refractivity contribution in [2.75, 3.05) is 0 Å². The van der Waals surface area contributed by atoms with Crippen LogP contribution in [0.25, 0.3) is 0 Å². The van der Waals surface area contributed by atoms with Crippen LogP contribution in [0.3, 0.4) is 0 Å². The second-order valence-corrected chi connectivity index (χ2v) is 9.52. The monoisotopic (exact) mass is 438 g/mol. The highest BCUT2D eigenvalue weighted by atomic mass is 19.1. The van der Waals surface area contributed by atoms with Gasteiger partial charge in [-0.25, -0.2) is 4.39 Å². The first-order valence-electron chi connectivity index (χ1n) is 12.5. The Kier molecular flexibility index (Phi) is 13.6. The van der Waals surface area contributed by atoms with Crippen molar-refractivity contribution in [1.82, 2.24) is 0 Å². The maximum Gasteiger partial charge on any atom is 0.286 e. The Hall–Kier alpha value is -0.970. The van der Waals surface area contributed by atoms with Gasteiger partial charge in [-0.15, -0.1) is 0 Å². The average Bonchev–Trinajstić information content (AvgIpc) is 2.66. The van der Waals surface area contributed by atoms with Crippen LogP contribution in [0, 0.1) is 11.7 Å². The first-order valence-corrected chi connectivity index (χ1v) is 12.5. The zero-order chi connectivity index (χ0) is 23.3. The van der Waals surface area contributed by atoms with Gasteiger partial charge in [0.2, 0.25) is 0 Å². The molecule has 0 saturated heterocycles. The van der Waals surface area contributed by atoms with Gasteiger partial charge in [-0.2, -0.15) is 0 Å². The van der Waals surface area contributed by atoms with Gasteiger partial charge in [0.05, 0.1) is 18.3 Å². The molecule has 4 heteroatoms. The lowest BCUT2D eigenvalue weighted by atomic mass is 9.90. The van der Waals surface area contributed by atoms with E-state index < -0.39 is 5.97 Å². The van der Waals surface area contributed by atoms with Gasteiger partial charge in [0.25, 0.3) is 5.97 Å². The molecule has 0 aliphatic heterocycles. The van der Waals surface area contributed by atoms with Gasteiger partial charge >= 0.3 is 0 Å². The Bertz CT molecular complexity index is 542. The lowest BCUT2D eigenvalue weighted by Crippen LogP contribution is -2.51. The highest BCUT2D eigenvalue weighted by Gasteiger charge is 2.44. The summed E-state index contributed by atoms with van der Waals surface area (Å²) in [5, 5.41) is 0. The van der Waals surface area contributed by atoms with Gasteiger partial charge < -0.3 is 14.2 Å². The molecule has 0 radical (unpaired) electrons. The zero-order valence-corrected chi connectivity index (χ0v) is 21.1. The Balaban J connectivity index is 3.03. The molecule has 180 valence electrons. The van der Waals surface area contributed by atoms with Crippen LogP contribution in [0.1, 0.15) is 105 Å². The van der Waals surface area contributed by atoms with Crippen LogP contribution in [0.4, 0.5) is 4.39 Å². The number of unbranched alkanes of at least 4 members (excludes halogenated alkanes) is 5. The standard InChI is InChI=1S/C27H47FO3/c1-8-9-10-11-12-13-14-25(18-15-24-16-19-26(28)20-17-24)27(29-21(2)3,30-22(4)5)31-23(6)7/h16-17,19-23,25H,8-15,18H2,1-7H3. The van der Waals surface area contributed by atoms with E-state index in [2.05, 4.69) is 6.92 Å². The number of rotatable bonds is 17. The molecule has 0 aliphatic carbocycles. The van der Waals surface area contributed by atoms with Gasteiger partial charge in [-0.1, -0.05) is 57.6 Å². The molecule has 31 heavy (non-hydrogen) atoms. The summed E-state index contributed by atoms with van der Waals surface area (Å²) in [4.78, 5) is 0. The highest BCUT2D eigenvalue weighted by molar-refractivity contribution is 5.16. The predicted molar refractivity (Wildman–Crippen MR) is 128 cm³/mol. The fraction of sp³-hybridized carbons (Fsp3) is 0.778. The lowest BCUT2D eigenvalue weighted by molar-refractivity contribution is -0.433. The molecule has 1 unspecified atom stereocenters. The number of hydrogen-bond acceptors (Lipinski definition) is 3. The topological polar surface area (TPSA) is 27.7 Å². The van der Waals surface area contributed by atoms with Crippen LogP contribution >= 0.6 is 0 Å². The minimum Gasteiger partial charge on any atom is -0.324 e. The van der Waals surface area contributed by atoms with Crippen molar-refractivity contribution in [3.05, 3.63) is 35.6 Å². The molecular weight excluding hydrogens is 391 g/mol. The van der Waals surface area contributed by atoms with E-state index in [0.29, 0.717) is 0 Å². The summed E-state index contributed by atoms with van der Waals surface area (Å²) in [6, 6.07) is 6.81. The van der Waals surface area contributed by atoms with Crippen LogP contribution < -0.4 is 0 Å². The maximum atomic E-state index is 13.3. The Morgan fingerprint density at radius 3 is 1.68 bits per heavy atom. The number of benzene rings is 1. The van der Waals surface area contributed by atoms with E-state index in [-0.39, 0.29) is 30.0 Å². The van der Waals surface area contributed by atoms with Crippen LogP contribution in [0.2, 0.25) is 0 Å². The molecule has 0 amide bonds. The van der Waals surface area contributed by atoms with Crippen molar-refractivity contribution < 1.29 is 18.6 Å². The van der Waals surface area contributed by atoms with Gasteiger partial charge in [-0.05, 0) is 78.5 Å². The third-order valence-electron chi connectivity index (χ3n) is 5.30. The van der Waals surface area contributed by atoms with Crippen LogP contribution in [-0.4, -0.2) is 24.3 Å². The number of hydrogen-bond donors (Lipinski definition) is 0. The number of ether oxygens (including phenoxy) is 3. The number of halogens is 1. The Labute approximate surface area is 191 Å². The molecule has 1 atom stereocenters. The normalized spacial score (nSPS) is 13.5. The van der Waals surface area contributed by atoms with Gasteiger partial charge in [0.15, 0.2) is 0 Å². The van der Waals surface area contributed by atoms with Crippen molar-refractivity contribution >= 4 is 0 Å². The summed E-state index contributed by atoms with van der Waals surface area (Å²) in [7, 11) is 0. The van der Waals surface area contributed by atoms with Crippen LogP contribution in [0.15, 0.2) is 24.3 Å². The summed E-state index contributed by atoms with van der Waals surface area (Å²) < 4.78 is 32.6. The predicted octanol–water partition coefficient (Wildman–Crippen LogP) is 8.05. The SMILES string of the molecule is CCCCCCCCC(CCc1ccc(F)cc1)C(OC(C)C)(OC(C)C)OC(C)C. The minimum atomic E-state index is -1.07. The zero-order valence-electron chi connectivity index (χ0n) is 21.1. The van der Waals surface area contributed by atoms with E-state index in [1.54, 1.807) is 0 Å². The summed E-state index contributed by atoms with van der Waals surface area (Å²) in [6.45, 7) is 14.4. The van der Waals surface area contributed by atoms with Crippen LogP contribution in [-0.2, 0) is 20.6 Å². The Morgan fingerprint density at radius 2 is 1.19 bits per heavy atom. The van der Waals surface area contributed by atoms with Crippen LogP contribution in [0.5, 0.6) is 0 Å². The smallest absolute Gasteiger partial charge is 0.286 e. The molecule has 1 aromatic carbocycles. The maximum absolute atomic E-state index is 13.3. The molecule has 0 saturated carbocycles. The van der Waals surface area contributed by atoms with E-state index in [4.69, 9.17) is 14.2 Å². The van der Waals surface area contributed by atoms with Gasteiger partial charge in [-0.3, -0.25) is 0 Å². The summed E-state index contributed by atoms with van der Waals surface area (Å²) in [5.74, 6) is -1.17. The third-order valence-corrected chi connectivity index (χ3v) is 5.30. The van der Waals surface area contributed by atoms with E-state index >= 15 is 0 Å². The molecule has 0 N–H and O–H groups in total. The average molecular weight is 439 g/mol. The summed E-state index contributed by atoms with van der Waals surface area (Å²) >= 11 is 0. The molecular formula is C27H47FO3. The second kappa shape index (κ2) is 15.0. The second-order valence-electron chi connectivity index (χ2n) is 9.52. The van der Waals surface area contributed by atoms with Crippen molar-refractivity contribution in [2.45, 2.75) is 131 Å². The molecule has 1 rings (SSSR count).